The first kappa shape index (κ1) is 18.7. The number of aliphatic imine (C=N–C) groups is 1. The van der Waals surface area contributed by atoms with Crippen LogP contribution in [0.15, 0.2) is 47.6 Å². The van der Waals surface area contributed by atoms with E-state index in [4.69, 9.17) is 4.74 Å². The van der Waals surface area contributed by atoms with Crippen LogP contribution < -0.4 is 15.4 Å². The van der Waals surface area contributed by atoms with Crippen molar-refractivity contribution in [2.75, 3.05) is 13.2 Å². The number of ether oxygens (including phenoxy) is 1. The largest absolute Gasteiger partial charge is 0.478 e. The lowest BCUT2D eigenvalue weighted by Crippen LogP contribution is -2.36. The standard InChI is InChI=1S/C19H25FN4O/c1-3-10-25-18-9-8-16(13-22-18)14-24-19(21-4-2)23-12-15-6-5-7-17(20)11-15/h5-9,11,13H,3-4,10,12,14H2,1-2H3,(H2,21,23,24). The van der Waals surface area contributed by atoms with Crippen molar-refractivity contribution in [1.29, 1.82) is 0 Å². The minimum Gasteiger partial charge on any atom is -0.478 e. The minimum absolute atomic E-state index is 0.238. The molecule has 0 radical (unpaired) electrons. The zero-order valence-electron chi connectivity index (χ0n) is 14.8. The van der Waals surface area contributed by atoms with Crippen molar-refractivity contribution < 1.29 is 9.13 Å². The van der Waals surface area contributed by atoms with E-state index >= 15 is 0 Å². The highest BCUT2D eigenvalue weighted by Crippen LogP contribution is 2.09. The smallest absolute Gasteiger partial charge is 0.213 e. The summed E-state index contributed by atoms with van der Waals surface area (Å²) >= 11 is 0. The van der Waals surface area contributed by atoms with Crippen molar-refractivity contribution in [3.63, 3.8) is 0 Å². The van der Waals surface area contributed by atoms with Crippen LogP contribution in [0.4, 0.5) is 4.39 Å². The first-order valence-electron chi connectivity index (χ1n) is 8.55. The number of halogens is 1. The van der Waals surface area contributed by atoms with E-state index in [-0.39, 0.29) is 5.82 Å². The number of guanidine groups is 1. The van der Waals surface area contributed by atoms with Crippen molar-refractivity contribution in [1.82, 2.24) is 15.6 Å². The molecule has 2 rings (SSSR count). The Morgan fingerprint density at radius 2 is 2.04 bits per heavy atom. The molecule has 1 aromatic carbocycles. The summed E-state index contributed by atoms with van der Waals surface area (Å²) in [6.45, 7) is 6.48. The van der Waals surface area contributed by atoms with Gasteiger partial charge in [-0.15, -0.1) is 0 Å². The highest BCUT2D eigenvalue weighted by atomic mass is 19.1. The van der Waals surface area contributed by atoms with E-state index in [1.165, 1.54) is 12.1 Å². The molecule has 5 nitrogen and oxygen atoms in total. The second kappa shape index (κ2) is 10.3. The molecule has 0 saturated carbocycles. The SMILES string of the molecule is CCCOc1ccc(CN=C(NCC)NCc2cccc(F)c2)cn1. The van der Waals surface area contributed by atoms with Crippen LogP contribution in [-0.2, 0) is 13.1 Å². The monoisotopic (exact) mass is 344 g/mol. The highest BCUT2D eigenvalue weighted by molar-refractivity contribution is 5.79. The summed E-state index contributed by atoms with van der Waals surface area (Å²) in [6, 6.07) is 10.3. The second-order valence-corrected chi connectivity index (χ2v) is 5.53. The topological polar surface area (TPSA) is 58.5 Å². The molecule has 134 valence electrons. The van der Waals surface area contributed by atoms with Crippen LogP contribution in [0.1, 0.15) is 31.4 Å². The molecular formula is C19H25FN4O. The summed E-state index contributed by atoms with van der Waals surface area (Å²) in [6.07, 6.45) is 2.72. The molecule has 0 unspecified atom stereocenters. The fraction of sp³-hybridized carbons (Fsp3) is 0.368. The predicted molar refractivity (Wildman–Crippen MR) is 98.1 cm³/mol. The van der Waals surface area contributed by atoms with Gasteiger partial charge in [-0.2, -0.15) is 0 Å². The Hall–Kier alpha value is -2.63. The van der Waals surface area contributed by atoms with Crippen molar-refractivity contribution in [3.8, 4) is 5.88 Å². The van der Waals surface area contributed by atoms with Crippen molar-refractivity contribution in [2.45, 2.75) is 33.4 Å². The maximum atomic E-state index is 13.2. The first-order valence-corrected chi connectivity index (χ1v) is 8.55. The van der Waals surface area contributed by atoms with Gasteiger partial charge in [0.1, 0.15) is 5.82 Å². The van der Waals surface area contributed by atoms with Crippen LogP contribution in [0, 0.1) is 5.82 Å². The fourth-order valence-electron chi connectivity index (χ4n) is 2.14. The molecule has 0 aliphatic rings. The molecular weight excluding hydrogens is 319 g/mol. The van der Waals surface area contributed by atoms with Gasteiger partial charge < -0.3 is 15.4 Å². The first-order chi connectivity index (χ1) is 12.2. The average Bonchev–Trinajstić information content (AvgIpc) is 2.63. The maximum Gasteiger partial charge on any atom is 0.213 e. The van der Waals surface area contributed by atoms with Crippen LogP contribution in [0.2, 0.25) is 0 Å². The van der Waals surface area contributed by atoms with Gasteiger partial charge in [0.15, 0.2) is 5.96 Å². The van der Waals surface area contributed by atoms with Crippen molar-refractivity contribution >= 4 is 5.96 Å². The molecule has 0 bridgehead atoms. The number of rotatable bonds is 8. The Balaban J connectivity index is 1.92. The second-order valence-electron chi connectivity index (χ2n) is 5.53. The molecule has 2 aromatic rings. The van der Waals surface area contributed by atoms with E-state index < -0.39 is 0 Å². The number of nitrogens with one attached hydrogen (secondary N) is 2. The lowest BCUT2D eigenvalue weighted by atomic mass is 10.2. The minimum atomic E-state index is -0.238. The summed E-state index contributed by atoms with van der Waals surface area (Å²) in [5.74, 6) is 1.07. The van der Waals surface area contributed by atoms with Gasteiger partial charge in [-0.25, -0.2) is 14.4 Å². The number of hydrogen-bond donors (Lipinski definition) is 2. The third-order valence-electron chi connectivity index (χ3n) is 3.36. The van der Waals surface area contributed by atoms with Gasteiger partial charge in [0.25, 0.3) is 0 Å². The molecule has 6 heteroatoms. The van der Waals surface area contributed by atoms with E-state index in [1.54, 1.807) is 12.3 Å². The average molecular weight is 344 g/mol. The van der Waals surface area contributed by atoms with Crippen LogP contribution in [0.3, 0.4) is 0 Å². The number of nitrogens with zero attached hydrogens (tertiary/aromatic N) is 2. The third-order valence-corrected chi connectivity index (χ3v) is 3.36. The highest BCUT2D eigenvalue weighted by Gasteiger charge is 2.01. The van der Waals surface area contributed by atoms with Crippen molar-refractivity contribution in [2.24, 2.45) is 4.99 Å². The predicted octanol–water partition coefficient (Wildman–Crippen LogP) is 3.26. The molecule has 2 N–H and O–H groups in total. The molecule has 1 heterocycles. The van der Waals surface area contributed by atoms with Gasteiger partial charge in [0.05, 0.1) is 13.2 Å². The molecule has 0 atom stereocenters. The molecule has 0 saturated heterocycles. The molecule has 0 aliphatic carbocycles. The summed E-state index contributed by atoms with van der Waals surface area (Å²) < 4.78 is 18.7. The fourth-order valence-corrected chi connectivity index (χ4v) is 2.14. The zero-order chi connectivity index (χ0) is 17.9. The normalized spacial score (nSPS) is 11.2. The van der Waals surface area contributed by atoms with Gasteiger partial charge in [-0.05, 0) is 36.6 Å². The number of hydrogen-bond acceptors (Lipinski definition) is 3. The Labute approximate surface area is 148 Å². The summed E-state index contributed by atoms with van der Waals surface area (Å²) in [7, 11) is 0. The Kier molecular flexibility index (Phi) is 7.69. The lowest BCUT2D eigenvalue weighted by molar-refractivity contribution is 0.305. The van der Waals surface area contributed by atoms with Crippen LogP contribution in [-0.4, -0.2) is 24.1 Å². The Morgan fingerprint density at radius 1 is 1.16 bits per heavy atom. The summed E-state index contributed by atoms with van der Waals surface area (Å²) in [5.41, 5.74) is 1.86. The van der Waals surface area contributed by atoms with Crippen molar-refractivity contribution in [3.05, 3.63) is 59.5 Å². The number of benzene rings is 1. The third kappa shape index (κ3) is 6.79. The molecule has 0 spiro atoms. The van der Waals surface area contributed by atoms with Crippen LogP contribution in [0.5, 0.6) is 5.88 Å². The van der Waals surface area contributed by atoms with E-state index in [0.29, 0.717) is 31.5 Å². The van der Waals surface area contributed by atoms with E-state index in [1.807, 2.05) is 25.1 Å². The van der Waals surface area contributed by atoms with Gasteiger partial charge in [0, 0.05) is 25.4 Å². The summed E-state index contributed by atoms with van der Waals surface area (Å²) in [5, 5.41) is 6.38. The zero-order valence-corrected chi connectivity index (χ0v) is 14.8. The van der Waals surface area contributed by atoms with Gasteiger partial charge in [-0.3, -0.25) is 0 Å². The lowest BCUT2D eigenvalue weighted by Gasteiger charge is -2.11. The number of pyridine rings is 1. The molecule has 0 fully saturated rings. The summed E-state index contributed by atoms with van der Waals surface area (Å²) in [4.78, 5) is 8.80. The van der Waals surface area contributed by atoms with Crippen LogP contribution in [0.25, 0.3) is 0 Å². The molecule has 0 amide bonds. The maximum absolute atomic E-state index is 13.2. The van der Waals surface area contributed by atoms with Gasteiger partial charge >= 0.3 is 0 Å². The van der Waals surface area contributed by atoms with E-state index in [0.717, 1.165) is 24.1 Å². The van der Waals surface area contributed by atoms with E-state index in [9.17, 15) is 4.39 Å². The quantitative estimate of drug-likeness (QED) is 0.570. The Bertz CT molecular complexity index is 673. The molecule has 25 heavy (non-hydrogen) atoms. The van der Waals surface area contributed by atoms with Gasteiger partial charge in [-0.1, -0.05) is 25.1 Å². The van der Waals surface area contributed by atoms with E-state index in [2.05, 4.69) is 27.5 Å². The van der Waals surface area contributed by atoms with Gasteiger partial charge in [0.2, 0.25) is 5.88 Å². The molecule has 0 aliphatic heterocycles. The molecule has 1 aromatic heterocycles. The van der Waals surface area contributed by atoms with Crippen LogP contribution >= 0.6 is 0 Å². The Morgan fingerprint density at radius 3 is 2.72 bits per heavy atom. The number of aromatic nitrogens is 1.